The Kier molecular flexibility index (Phi) is 7.12. The number of ether oxygens (including phenoxy) is 2. The number of hydrogen-bond acceptors (Lipinski definition) is 6. The van der Waals surface area contributed by atoms with Crippen LogP contribution in [0, 0.1) is 0 Å². The van der Waals surface area contributed by atoms with Gasteiger partial charge in [0, 0.05) is 43.2 Å². The fourth-order valence-corrected chi connectivity index (χ4v) is 4.39. The molecular formula is C19H23BrN2O4S. The molecule has 1 aromatic heterocycles. The van der Waals surface area contributed by atoms with Gasteiger partial charge in [0.1, 0.15) is 6.61 Å². The number of nitrogens with zero attached hydrogens (tertiary/aromatic N) is 2. The summed E-state index contributed by atoms with van der Waals surface area (Å²) < 4.78 is 12.3. The first kappa shape index (κ1) is 20.1. The summed E-state index contributed by atoms with van der Waals surface area (Å²) in [5.74, 6) is 1.16. The van der Waals surface area contributed by atoms with E-state index in [1.165, 1.54) is 0 Å². The molecule has 1 fully saturated rings. The fraction of sp³-hybridized carbons (Fsp3) is 0.421. The van der Waals surface area contributed by atoms with Crippen molar-refractivity contribution < 1.29 is 19.4 Å². The SMILES string of the molecule is COc1cc(C(=O)N2CCN(CCO)CC2)ccc1OCc1ccc(Br)s1. The molecule has 0 aliphatic carbocycles. The van der Waals surface area contributed by atoms with E-state index < -0.39 is 0 Å². The van der Waals surface area contributed by atoms with E-state index in [0.717, 1.165) is 21.8 Å². The average Bonchev–Trinajstić information content (AvgIpc) is 3.11. The van der Waals surface area contributed by atoms with E-state index >= 15 is 0 Å². The Bertz CT molecular complexity index is 775. The lowest BCUT2D eigenvalue weighted by Crippen LogP contribution is -2.49. The quantitative estimate of drug-likeness (QED) is 0.696. The van der Waals surface area contributed by atoms with Crippen molar-refractivity contribution in [1.29, 1.82) is 0 Å². The zero-order valence-corrected chi connectivity index (χ0v) is 17.6. The summed E-state index contributed by atoms with van der Waals surface area (Å²) in [5.41, 5.74) is 0.591. The highest BCUT2D eigenvalue weighted by Crippen LogP contribution is 2.31. The summed E-state index contributed by atoms with van der Waals surface area (Å²) in [6.07, 6.45) is 0. The molecule has 1 aliphatic rings. The first-order valence-corrected chi connectivity index (χ1v) is 10.4. The van der Waals surface area contributed by atoms with Gasteiger partial charge in [-0.3, -0.25) is 9.69 Å². The maximum Gasteiger partial charge on any atom is 0.254 e. The second kappa shape index (κ2) is 9.54. The number of hydrogen-bond donors (Lipinski definition) is 1. The van der Waals surface area contributed by atoms with Gasteiger partial charge in [-0.25, -0.2) is 0 Å². The smallest absolute Gasteiger partial charge is 0.254 e. The third-order valence-corrected chi connectivity index (χ3v) is 6.08. The molecule has 1 aliphatic heterocycles. The number of β-amino-alcohol motifs (C(OH)–C–C–N with tert-alkyl or cyclic N) is 1. The zero-order valence-electron chi connectivity index (χ0n) is 15.2. The third kappa shape index (κ3) is 5.22. The molecule has 1 amide bonds. The standard InChI is InChI=1S/C19H23BrN2O4S/c1-25-17-12-14(19(24)22-8-6-21(7-9-22)10-11-23)2-4-16(17)26-13-15-3-5-18(20)27-15/h2-5,12,23H,6-11,13H2,1H3. The lowest BCUT2D eigenvalue weighted by atomic mass is 10.1. The van der Waals surface area contributed by atoms with Crippen LogP contribution < -0.4 is 9.47 Å². The Balaban J connectivity index is 1.63. The first-order chi connectivity index (χ1) is 13.1. The van der Waals surface area contributed by atoms with Gasteiger partial charge in [-0.2, -0.15) is 0 Å². The van der Waals surface area contributed by atoms with Gasteiger partial charge >= 0.3 is 0 Å². The Morgan fingerprint density at radius 2 is 1.96 bits per heavy atom. The van der Waals surface area contributed by atoms with E-state index in [1.54, 1.807) is 36.6 Å². The molecule has 0 radical (unpaired) electrons. The maximum atomic E-state index is 12.8. The summed E-state index contributed by atoms with van der Waals surface area (Å²) in [5, 5.41) is 9.02. The normalized spacial score (nSPS) is 15.0. The van der Waals surface area contributed by atoms with Crippen molar-refractivity contribution >= 4 is 33.2 Å². The topological polar surface area (TPSA) is 62.2 Å². The molecule has 1 saturated heterocycles. The van der Waals surface area contributed by atoms with Gasteiger partial charge < -0.3 is 19.5 Å². The van der Waals surface area contributed by atoms with Crippen LogP contribution in [-0.2, 0) is 6.61 Å². The van der Waals surface area contributed by atoms with E-state index in [9.17, 15) is 4.79 Å². The summed E-state index contributed by atoms with van der Waals surface area (Å²) in [4.78, 5) is 17.9. The van der Waals surface area contributed by atoms with Crippen molar-refractivity contribution in [3.05, 3.63) is 44.6 Å². The van der Waals surface area contributed by atoms with Crippen LogP contribution >= 0.6 is 27.3 Å². The van der Waals surface area contributed by atoms with E-state index in [2.05, 4.69) is 20.8 Å². The second-order valence-electron chi connectivity index (χ2n) is 6.22. The van der Waals surface area contributed by atoms with Crippen LogP contribution in [0.15, 0.2) is 34.1 Å². The molecule has 0 spiro atoms. The highest BCUT2D eigenvalue weighted by atomic mass is 79.9. The van der Waals surface area contributed by atoms with Gasteiger partial charge in [0.2, 0.25) is 0 Å². The van der Waals surface area contributed by atoms with E-state index in [4.69, 9.17) is 14.6 Å². The summed E-state index contributed by atoms with van der Waals surface area (Å²) in [7, 11) is 1.58. The minimum absolute atomic E-state index is 0.00862. The molecule has 1 N–H and O–H groups in total. The number of carbonyl (C=O) groups is 1. The number of rotatable bonds is 7. The average molecular weight is 455 g/mol. The van der Waals surface area contributed by atoms with Crippen LogP contribution in [0.5, 0.6) is 11.5 Å². The molecule has 0 unspecified atom stereocenters. The molecule has 0 bridgehead atoms. The second-order valence-corrected chi connectivity index (χ2v) is 8.77. The van der Waals surface area contributed by atoms with Crippen molar-refractivity contribution in [2.24, 2.45) is 0 Å². The lowest BCUT2D eigenvalue weighted by Gasteiger charge is -2.34. The Labute approximate surface area is 171 Å². The first-order valence-electron chi connectivity index (χ1n) is 8.78. The molecule has 0 atom stereocenters. The zero-order chi connectivity index (χ0) is 19.2. The van der Waals surface area contributed by atoms with Crippen molar-refractivity contribution in [1.82, 2.24) is 9.80 Å². The maximum absolute atomic E-state index is 12.8. The third-order valence-electron chi connectivity index (χ3n) is 4.49. The predicted octanol–water partition coefficient (Wildman–Crippen LogP) is 2.85. The number of aliphatic hydroxyl groups is 1. The number of methoxy groups -OCH3 is 1. The summed E-state index contributed by atoms with van der Waals surface area (Å²) in [6, 6.07) is 9.31. The molecule has 146 valence electrons. The Morgan fingerprint density at radius 1 is 1.19 bits per heavy atom. The van der Waals surface area contributed by atoms with Crippen molar-refractivity contribution in [2.75, 3.05) is 46.4 Å². The number of thiophene rings is 1. The number of benzene rings is 1. The van der Waals surface area contributed by atoms with Gasteiger partial charge in [0.05, 0.1) is 17.5 Å². The number of carbonyl (C=O) groups excluding carboxylic acids is 1. The summed E-state index contributed by atoms with van der Waals surface area (Å²) >= 11 is 5.06. The van der Waals surface area contributed by atoms with E-state index in [0.29, 0.717) is 43.3 Å². The highest BCUT2D eigenvalue weighted by molar-refractivity contribution is 9.11. The van der Waals surface area contributed by atoms with Gasteiger partial charge in [-0.15, -0.1) is 11.3 Å². The molecule has 2 heterocycles. The number of halogens is 1. The Morgan fingerprint density at radius 3 is 2.59 bits per heavy atom. The molecule has 2 aromatic rings. The predicted molar refractivity (Wildman–Crippen MR) is 109 cm³/mol. The van der Waals surface area contributed by atoms with E-state index in [1.807, 2.05) is 17.0 Å². The van der Waals surface area contributed by atoms with Gasteiger partial charge in [-0.1, -0.05) is 0 Å². The number of amides is 1. The van der Waals surface area contributed by atoms with Gasteiger partial charge in [0.15, 0.2) is 11.5 Å². The summed E-state index contributed by atoms with van der Waals surface area (Å²) in [6.45, 7) is 4.13. The minimum atomic E-state index is -0.00862. The van der Waals surface area contributed by atoms with Gasteiger partial charge in [-0.05, 0) is 46.3 Å². The van der Waals surface area contributed by atoms with E-state index in [-0.39, 0.29) is 12.5 Å². The van der Waals surface area contributed by atoms with Crippen LogP contribution in [0.25, 0.3) is 0 Å². The van der Waals surface area contributed by atoms with Crippen molar-refractivity contribution in [3.8, 4) is 11.5 Å². The molecule has 8 heteroatoms. The molecule has 27 heavy (non-hydrogen) atoms. The van der Waals surface area contributed by atoms with Crippen molar-refractivity contribution in [2.45, 2.75) is 6.61 Å². The van der Waals surface area contributed by atoms with Crippen LogP contribution in [0.2, 0.25) is 0 Å². The highest BCUT2D eigenvalue weighted by Gasteiger charge is 2.22. The lowest BCUT2D eigenvalue weighted by molar-refractivity contribution is 0.0614. The van der Waals surface area contributed by atoms with Crippen molar-refractivity contribution in [3.63, 3.8) is 0 Å². The van der Waals surface area contributed by atoms with Crippen LogP contribution in [0.4, 0.5) is 0 Å². The minimum Gasteiger partial charge on any atom is -0.493 e. The molecular weight excluding hydrogens is 432 g/mol. The molecule has 3 rings (SSSR count). The van der Waals surface area contributed by atoms with Crippen LogP contribution in [-0.4, -0.2) is 67.3 Å². The number of aliphatic hydroxyl groups excluding tert-OH is 1. The van der Waals surface area contributed by atoms with Crippen LogP contribution in [0.1, 0.15) is 15.2 Å². The monoisotopic (exact) mass is 454 g/mol. The largest absolute Gasteiger partial charge is 0.493 e. The molecule has 1 aromatic carbocycles. The molecule has 6 nitrogen and oxygen atoms in total. The Hall–Kier alpha value is -1.61. The van der Waals surface area contributed by atoms with Gasteiger partial charge in [0.25, 0.3) is 5.91 Å². The number of piperazine rings is 1. The fourth-order valence-electron chi connectivity index (χ4n) is 3.00. The van der Waals surface area contributed by atoms with Crippen LogP contribution in [0.3, 0.4) is 0 Å². The molecule has 0 saturated carbocycles.